The lowest BCUT2D eigenvalue weighted by Gasteiger charge is -2.03. The van der Waals surface area contributed by atoms with Crippen molar-refractivity contribution in [3.05, 3.63) is 24.2 Å². The van der Waals surface area contributed by atoms with Crippen LogP contribution in [0.5, 0.6) is 0 Å². The number of hydrogen-bond acceptors (Lipinski definition) is 4. The van der Waals surface area contributed by atoms with Crippen LogP contribution in [0.2, 0.25) is 0 Å². The molecule has 0 fully saturated rings. The second kappa shape index (κ2) is 5.21. The van der Waals surface area contributed by atoms with E-state index in [1.807, 2.05) is 0 Å². The van der Waals surface area contributed by atoms with Crippen LogP contribution in [-0.2, 0) is 9.53 Å². The van der Waals surface area contributed by atoms with Crippen LogP contribution in [0.25, 0.3) is 0 Å². The molecule has 0 aliphatic rings. The molecular weight excluding hydrogens is 182 g/mol. The third-order valence-electron chi connectivity index (χ3n) is 1.60. The van der Waals surface area contributed by atoms with Gasteiger partial charge in [0.2, 0.25) is 0 Å². The minimum atomic E-state index is -0.486. The largest absolute Gasteiger partial charge is 0.464 e. The average molecular weight is 195 g/mol. The molecule has 1 heterocycles. The van der Waals surface area contributed by atoms with Crippen molar-refractivity contribution in [3.63, 3.8) is 0 Å². The van der Waals surface area contributed by atoms with Crippen molar-refractivity contribution in [2.75, 3.05) is 6.61 Å². The Hall–Kier alpha value is -1.58. The fourth-order valence-electron chi connectivity index (χ4n) is 0.874. The summed E-state index contributed by atoms with van der Waals surface area (Å²) in [5, 5.41) is 0. The second-order valence-corrected chi connectivity index (χ2v) is 2.72. The van der Waals surface area contributed by atoms with Gasteiger partial charge in [-0.1, -0.05) is 0 Å². The van der Waals surface area contributed by atoms with E-state index in [1.165, 1.54) is 6.21 Å². The van der Waals surface area contributed by atoms with Gasteiger partial charge in [-0.3, -0.25) is 4.99 Å². The fourth-order valence-corrected chi connectivity index (χ4v) is 0.874. The first-order chi connectivity index (χ1) is 6.74. The quantitative estimate of drug-likeness (QED) is 0.542. The Balaban J connectivity index is 2.47. The van der Waals surface area contributed by atoms with Gasteiger partial charge in [-0.25, -0.2) is 4.79 Å². The molecule has 0 aromatic carbocycles. The Morgan fingerprint density at radius 2 is 2.57 bits per heavy atom. The molecule has 0 aliphatic heterocycles. The normalized spacial score (nSPS) is 13.0. The highest BCUT2D eigenvalue weighted by Crippen LogP contribution is 1.98. The summed E-state index contributed by atoms with van der Waals surface area (Å²) >= 11 is 0. The van der Waals surface area contributed by atoms with E-state index >= 15 is 0 Å². The topological polar surface area (TPSA) is 51.8 Å². The average Bonchev–Trinajstić information content (AvgIpc) is 2.67. The number of rotatable bonds is 4. The molecule has 1 unspecified atom stereocenters. The maximum atomic E-state index is 11.1. The van der Waals surface area contributed by atoms with Gasteiger partial charge in [-0.2, -0.15) is 0 Å². The van der Waals surface area contributed by atoms with E-state index < -0.39 is 6.04 Å². The van der Waals surface area contributed by atoms with Crippen LogP contribution in [0, 0.1) is 0 Å². The molecule has 0 radical (unpaired) electrons. The van der Waals surface area contributed by atoms with Crippen LogP contribution in [0.1, 0.15) is 19.6 Å². The van der Waals surface area contributed by atoms with Crippen molar-refractivity contribution < 1.29 is 13.9 Å². The van der Waals surface area contributed by atoms with Crippen LogP contribution < -0.4 is 0 Å². The minimum Gasteiger partial charge on any atom is -0.464 e. The summed E-state index contributed by atoms with van der Waals surface area (Å²) in [6.07, 6.45) is 3.07. The molecule has 1 aromatic rings. The molecule has 0 saturated carbocycles. The molecule has 1 aromatic heterocycles. The lowest BCUT2D eigenvalue weighted by Crippen LogP contribution is -2.18. The third kappa shape index (κ3) is 3.05. The molecule has 1 rings (SSSR count). The first-order valence-corrected chi connectivity index (χ1v) is 4.47. The summed E-state index contributed by atoms with van der Waals surface area (Å²) in [6.45, 7) is 3.82. The summed E-state index contributed by atoms with van der Waals surface area (Å²) in [6, 6.07) is 3.04. The molecule has 0 N–H and O–H groups in total. The molecule has 0 aliphatic carbocycles. The van der Waals surface area contributed by atoms with E-state index in [9.17, 15) is 4.79 Å². The van der Waals surface area contributed by atoms with Crippen LogP contribution in [0.15, 0.2) is 27.8 Å². The van der Waals surface area contributed by atoms with Crippen LogP contribution in [0.4, 0.5) is 0 Å². The lowest BCUT2D eigenvalue weighted by atomic mass is 10.3. The fraction of sp³-hybridized carbons (Fsp3) is 0.400. The molecule has 76 valence electrons. The number of aliphatic imine (C=N–C) groups is 1. The van der Waals surface area contributed by atoms with Crippen molar-refractivity contribution in [2.24, 2.45) is 4.99 Å². The van der Waals surface area contributed by atoms with Crippen LogP contribution in [0.3, 0.4) is 0 Å². The predicted octanol–water partition coefficient (Wildman–Crippen LogP) is 1.65. The zero-order valence-corrected chi connectivity index (χ0v) is 8.27. The Morgan fingerprint density at radius 1 is 1.79 bits per heavy atom. The van der Waals surface area contributed by atoms with Gasteiger partial charge in [-0.15, -0.1) is 0 Å². The molecule has 0 spiro atoms. The highest BCUT2D eigenvalue weighted by Gasteiger charge is 2.10. The Bertz CT molecular complexity index is 303. The first kappa shape index (κ1) is 10.5. The van der Waals surface area contributed by atoms with Gasteiger partial charge in [-0.05, 0) is 26.0 Å². The smallest absolute Gasteiger partial charge is 0.330 e. The van der Waals surface area contributed by atoms with Gasteiger partial charge in [0.05, 0.1) is 19.1 Å². The van der Waals surface area contributed by atoms with Gasteiger partial charge in [0.1, 0.15) is 11.8 Å². The van der Waals surface area contributed by atoms with Gasteiger partial charge < -0.3 is 9.15 Å². The molecule has 4 nitrogen and oxygen atoms in total. The van der Waals surface area contributed by atoms with Gasteiger partial charge in [0, 0.05) is 0 Å². The van der Waals surface area contributed by atoms with Crippen molar-refractivity contribution >= 4 is 12.2 Å². The number of hydrogen-bond donors (Lipinski definition) is 0. The highest BCUT2D eigenvalue weighted by atomic mass is 16.5. The molecule has 0 saturated heterocycles. The number of ether oxygens (including phenoxy) is 1. The predicted molar refractivity (Wildman–Crippen MR) is 52.4 cm³/mol. The number of esters is 1. The Kier molecular flexibility index (Phi) is 3.91. The minimum absolute atomic E-state index is 0.324. The lowest BCUT2D eigenvalue weighted by molar-refractivity contribution is -0.144. The SMILES string of the molecule is CCOC(=O)C(C)N=Cc1ccco1. The number of nitrogens with zero attached hydrogens (tertiary/aromatic N) is 1. The van der Waals surface area contributed by atoms with Crippen molar-refractivity contribution in [2.45, 2.75) is 19.9 Å². The molecule has 0 amide bonds. The third-order valence-corrected chi connectivity index (χ3v) is 1.60. The van der Waals surface area contributed by atoms with Crippen LogP contribution in [-0.4, -0.2) is 24.8 Å². The van der Waals surface area contributed by atoms with Gasteiger partial charge >= 0.3 is 5.97 Å². The van der Waals surface area contributed by atoms with Crippen LogP contribution >= 0.6 is 0 Å². The summed E-state index contributed by atoms with van der Waals surface area (Å²) in [5.74, 6) is 0.302. The van der Waals surface area contributed by atoms with E-state index in [0.717, 1.165) is 0 Å². The van der Waals surface area contributed by atoms with Gasteiger partial charge in [0.15, 0.2) is 0 Å². The van der Waals surface area contributed by atoms with E-state index in [1.54, 1.807) is 32.2 Å². The van der Waals surface area contributed by atoms with E-state index in [0.29, 0.717) is 12.4 Å². The van der Waals surface area contributed by atoms with E-state index in [-0.39, 0.29) is 5.97 Å². The molecule has 4 heteroatoms. The second-order valence-electron chi connectivity index (χ2n) is 2.72. The number of carbonyl (C=O) groups excluding carboxylic acids is 1. The highest BCUT2D eigenvalue weighted by molar-refractivity contribution is 5.81. The summed E-state index contributed by atoms with van der Waals surface area (Å²) in [7, 11) is 0. The maximum Gasteiger partial charge on any atom is 0.330 e. The molecular formula is C10H13NO3. The first-order valence-electron chi connectivity index (χ1n) is 4.47. The molecule has 1 atom stereocenters. The summed E-state index contributed by atoms with van der Waals surface area (Å²) < 4.78 is 9.81. The van der Waals surface area contributed by atoms with Crippen molar-refractivity contribution in [3.8, 4) is 0 Å². The zero-order valence-electron chi connectivity index (χ0n) is 8.27. The monoisotopic (exact) mass is 195 g/mol. The Labute approximate surface area is 82.6 Å². The number of furan rings is 1. The number of carbonyl (C=O) groups is 1. The summed E-state index contributed by atoms with van der Waals surface area (Å²) in [4.78, 5) is 15.1. The zero-order chi connectivity index (χ0) is 10.4. The maximum absolute atomic E-state index is 11.1. The van der Waals surface area contributed by atoms with E-state index in [2.05, 4.69) is 4.99 Å². The molecule has 14 heavy (non-hydrogen) atoms. The van der Waals surface area contributed by atoms with Crippen molar-refractivity contribution in [1.82, 2.24) is 0 Å². The Morgan fingerprint density at radius 3 is 3.14 bits per heavy atom. The van der Waals surface area contributed by atoms with E-state index in [4.69, 9.17) is 9.15 Å². The standard InChI is InChI=1S/C10H13NO3/c1-3-13-10(12)8(2)11-7-9-5-4-6-14-9/h4-8H,3H2,1-2H3. The van der Waals surface area contributed by atoms with Gasteiger partial charge in [0.25, 0.3) is 0 Å². The summed E-state index contributed by atoms with van der Waals surface area (Å²) in [5.41, 5.74) is 0. The molecule has 0 bridgehead atoms. The van der Waals surface area contributed by atoms with Crippen molar-refractivity contribution in [1.29, 1.82) is 0 Å².